The van der Waals surface area contributed by atoms with Crippen molar-refractivity contribution in [3.63, 3.8) is 0 Å². The van der Waals surface area contributed by atoms with E-state index in [0.29, 0.717) is 5.41 Å². The molecule has 2 rings (SSSR count). The maximum Gasteiger partial charge on any atom is 0.0103 e. The molecule has 0 unspecified atom stereocenters. The molecule has 1 nitrogen and oxygen atoms in total. The first-order chi connectivity index (χ1) is 6.57. The highest BCUT2D eigenvalue weighted by atomic mass is 15.0. The minimum Gasteiger partial charge on any atom is -0.311 e. The fraction of sp³-hybridized carbons (Fsp3) is 1.00. The first kappa shape index (κ1) is 10.5. The Morgan fingerprint density at radius 2 is 1.57 bits per heavy atom. The van der Waals surface area contributed by atoms with E-state index in [1.54, 1.807) is 0 Å². The van der Waals surface area contributed by atoms with Gasteiger partial charge in [0.05, 0.1) is 0 Å². The second kappa shape index (κ2) is 3.84. The van der Waals surface area contributed by atoms with Gasteiger partial charge in [-0.3, -0.25) is 0 Å². The number of rotatable bonds is 2. The van der Waals surface area contributed by atoms with Gasteiger partial charge >= 0.3 is 0 Å². The van der Waals surface area contributed by atoms with Crippen molar-refractivity contribution in [1.29, 1.82) is 0 Å². The van der Waals surface area contributed by atoms with Gasteiger partial charge in [-0.05, 0) is 37.0 Å². The van der Waals surface area contributed by atoms with E-state index in [2.05, 4.69) is 26.1 Å². The van der Waals surface area contributed by atoms with E-state index in [9.17, 15) is 0 Å². The summed E-state index contributed by atoms with van der Waals surface area (Å²) in [6.07, 6.45) is 8.59. The summed E-state index contributed by atoms with van der Waals surface area (Å²) in [5, 5.41) is 3.85. The lowest BCUT2D eigenvalue weighted by atomic mass is 9.69. The van der Waals surface area contributed by atoms with Crippen molar-refractivity contribution in [3.8, 4) is 0 Å². The van der Waals surface area contributed by atoms with Crippen LogP contribution in [0.3, 0.4) is 0 Å². The van der Waals surface area contributed by atoms with Crippen molar-refractivity contribution in [2.45, 2.75) is 71.4 Å². The molecule has 2 aliphatic rings. The molecule has 0 saturated heterocycles. The van der Waals surface area contributed by atoms with E-state index in [1.807, 2.05) is 0 Å². The zero-order valence-corrected chi connectivity index (χ0v) is 9.97. The van der Waals surface area contributed by atoms with Crippen molar-refractivity contribution in [2.24, 2.45) is 11.3 Å². The average Bonchev–Trinajstić information content (AvgIpc) is 2.87. The van der Waals surface area contributed by atoms with Crippen LogP contribution in [0.2, 0.25) is 0 Å². The zero-order chi connectivity index (χ0) is 10.2. The SMILES string of the molecule is CC(C)(C)[C@@H]1CCCC[C@H]1NC1CC1. The molecule has 0 radical (unpaired) electrons. The summed E-state index contributed by atoms with van der Waals surface area (Å²) in [5.74, 6) is 0.900. The normalized spacial score (nSPS) is 34.5. The number of nitrogens with one attached hydrogen (secondary N) is 1. The van der Waals surface area contributed by atoms with Crippen molar-refractivity contribution < 1.29 is 0 Å². The van der Waals surface area contributed by atoms with Crippen LogP contribution in [0.4, 0.5) is 0 Å². The largest absolute Gasteiger partial charge is 0.311 e. The highest BCUT2D eigenvalue weighted by Gasteiger charge is 2.36. The van der Waals surface area contributed by atoms with Gasteiger partial charge in [0.25, 0.3) is 0 Å². The lowest BCUT2D eigenvalue weighted by Gasteiger charge is -2.41. The molecule has 1 N–H and O–H groups in total. The molecular formula is C13H25N. The quantitative estimate of drug-likeness (QED) is 0.712. The third-order valence-electron chi connectivity index (χ3n) is 3.91. The Hall–Kier alpha value is -0.0400. The first-order valence-corrected chi connectivity index (χ1v) is 6.33. The van der Waals surface area contributed by atoms with Gasteiger partial charge in [-0.15, -0.1) is 0 Å². The molecule has 0 aromatic heterocycles. The highest BCUT2D eigenvalue weighted by Crippen LogP contribution is 2.39. The topological polar surface area (TPSA) is 12.0 Å². The first-order valence-electron chi connectivity index (χ1n) is 6.33. The van der Waals surface area contributed by atoms with Gasteiger partial charge in [0.15, 0.2) is 0 Å². The molecule has 0 heterocycles. The van der Waals surface area contributed by atoms with Gasteiger partial charge in [-0.25, -0.2) is 0 Å². The molecular weight excluding hydrogens is 170 g/mol. The zero-order valence-electron chi connectivity index (χ0n) is 9.97. The van der Waals surface area contributed by atoms with Gasteiger partial charge in [0.2, 0.25) is 0 Å². The number of hydrogen-bond donors (Lipinski definition) is 1. The summed E-state index contributed by atoms with van der Waals surface area (Å²) < 4.78 is 0. The van der Waals surface area contributed by atoms with E-state index in [1.165, 1.54) is 38.5 Å². The van der Waals surface area contributed by atoms with Crippen LogP contribution >= 0.6 is 0 Å². The van der Waals surface area contributed by atoms with Crippen molar-refractivity contribution in [2.75, 3.05) is 0 Å². The summed E-state index contributed by atoms with van der Waals surface area (Å²) in [4.78, 5) is 0. The molecule has 14 heavy (non-hydrogen) atoms. The van der Waals surface area contributed by atoms with Crippen LogP contribution in [0.25, 0.3) is 0 Å². The number of hydrogen-bond acceptors (Lipinski definition) is 1. The monoisotopic (exact) mass is 195 g/mol. The van der Waals surface area contributed by atoms with Crippen LogP contribution in [0.15, 0.2) is 0 Å². The molecule has 0 spiro atoms. The van der Waals surface area contributed by atoms with Crippen LogP contribution in [-0.4, -0.2) is 12.1 Å². The maximum absolute atomic E-state index is 3.85. The summed E-state index contributed by atoms with van der Waals surface area (Å²) >= 11 is 0. The van der Waals surface area contributed by atoms with Crippen LogP contribution in [0.1, 0.15) is 59.3 Å². The molecule has 0 aliphatic heterocycles. The van der Waals surface area contributed by atoms with Gasteiger partial charge < -0.3 is 5.32 Å². The van der Waals surface area contributed by atoms with Crippen molar-refractivity contribution >= 4 is 0 Å². The smallest absolute Gasteiger partial charge is 0.0103 e. The van der Waals surface area contributed by atoms with Gasteiger partial charge in [-0.1, -0.05) is 33.6 Å². The van der Waals surface area contributed by atoms with E-state index in [4.69, 9.17) is 0 Å². The second-order valence-electron chi connectivity index (χ2n) is 6.30. The van der Waals surface area contributed by atoms with Gasteiger partial charge in [0, 0.05) is 12.1 Å². The Morgan fingerprint density at radius 1 is 0.929 bits per heavy atom. The lowest BCUT2D eigenvalue weighted by molar-refractivity contribution is 0.130. The molecule has 2 aliphatic carbocycles. The van der Waals surface area contributed by atoms with Crippen LogP contribution < -0.4 is 5.32 Å². The summed E-state index contributed by atoms with van der Waals surface area (Å²) in [5.41, 5.74) is 0.493. The Bertz CT molecular complexity index is 188. The molecule has 2 saturated carbocycles. The fourth-order valence-electron chi connectivity index (χ4n) is 2.92. The van der Waals surface area contributed by atoms with E-state index in [-0.39, 0.29) is 0 Å². The molecule has 2 fully saturated rings. The molecule has 0 bridgehead atoms. The van der Waals surface area contributed by atoms with Crippen molar-refractivity contribution in [1.82, 2.24) is 5.32 Å². The predicted octanol–water partition coefficient (Wildman–Crippen LogP) is 3.34. The molecule has 82 valence electrons. The third-order valence-corrected chi connectivity index (χ3v) is 3.91. The summed E-state index contributed by atoms with van der Waals surface area (Å²) in [6, 6.07) is 1.69. The molecule has 0 aromatic carbocycles. The third kappa shape index (κ3) is 2.50. The van der Waals surface area contributed by atoms with Crippen LogP contribution in [0, 0.1) is 11.3 Å². The van der Waals surface area contributed by atoms with E-state index in [0.717, 1.165) is 18.0 Å². The molecule has 0 aromatic rings. The van der Waals surface area contributed by atoms with Crippen LogP contribution in [-0.2, 0) is 0 Å². The molecule has 1 heteroatoms. The lowest BCUT2D eigenvalue weighted by Crippen LogP contribution is -2.45. The van der Waals surface area contributed by atoms with Gasteiger partial charge in [-0.2, -0.15) is 0 Å². The minimum atomic E-state index is 0.493. The second-order valence-corrected chi connectivity index (χ2v) is 6.30. The van der Waals surface area contributed by atoms with E-state index >= 15 is 0 Å². The Morgan fingerprint density at radius 3 is 2.14 bits per heavy atom. The molecule has 2 atom stereocenters. The average molecular weight is 195 g/mol. The van der Waals surface area contributed by atoms with Crippen molar-refractivity contribution in [3.05, 3.63) is 0 Å². The Labute approximate surface area is 88.7 Å². The Kier molecular flexibility index (Phi) is 2.88. The van der Waals surface area contributed by atoms with Gasteiger partial charge in [0.1, 0.15) is 0 Å². The van der Waals surface area contributed by atoms with Crippen LogP contribution in [0.5, 0.6) is 0 Å². The Balaban J connectivity index is 1.95. The highest BCUT2D eigenvalue weighted by molar-refractivity contribution is 4.93. The minimum absolute atomic E-state index is 0.493. The maximum atomic E-state index is 3.85. The fourth-order valence-corrected chi connectivity index (χ4v) is 2.92. The standard InChI is InChI=1S/C13H25N/c1-13(2,3)11-6-4-5-7-12(11)14-10-8-9-10/h10-12,14H,4-9H2,1-3H3/t11-,12-/m1/s1. The molecule has 0 amide bonds. The predicted molar refractivity (Wildman–Crippen MR) is 61.4 cm³/mol. The van der Waals surface area contributed by atoms with E-state index < -0.39 is 0 Å². The summed E-state index contributed by atoms with van der Waals surface area (Å²) in [7, 11) is 0. The summed E-state index contributed by atoms with van der Waals surface area (Å²) in [6.45, 7) is 7.22.